The lowest BCUT2D eigenvalue weighted by Crippen LogP contribution is -2.43. The molecule has 0 heterocycles. The Morgan fingerprint density at radius 1 is 0.875 bits per heavy atom. The van der Waals surface area contributed by atoms with Crippen LogP contribution in [0.4, 0.5) is 0 Å². The van der Waals surface area contributed by atoms with Gasteiger partial charge in [0.25, 0.3) is 0 Å². The van der Waals surface area contributed by atoms with E-state index in [1.807, 2.05) is 0 Å². The van der Waals surface area contributed by atoms with Crippen LogP contribution in [0.25, 0.3) is 0 Å². The fourth-order valence-corrected chi connectivity index (χ4v) is 7.68. The summed E-state index contributed by atoms with van der Waals surface area (Å²) in [6.07, 6.45) is 5.84. The van der Waals surface area contributed by atoms with Crippen LogP contribution in [0.15, 0.2) is 0 Å². The molecule has 4 nitrogen and oxygen atoms in total. The minimum absolute atomic E-state index is 0.296. The van der Waals surface area contributed by atoms with Gasteiger partial charge in [0, 0.05) is 12.5 Å². The molecule has 2 aliphatic carbocycles. The van der Waals surface area contributed by atoms with Crippen LogP contribution in [-0.4, -0.2) is 33.4 Å². The summed E-state index contributed by atoms with van der Waals surface area (Å²) >= 11 is 0. The minimum Gasteiger partial charge on any atom is -0.227 e. The Morgan fingerprint density at radius 3 is 1.56 bits per heavy atom. The first-order chi connectivity index (χ1) is 7.17. The van der Waals surface area contributed by atoms with Crippen molar-refractivity contribution in [3.63, 3.8) is 0 Å². The quantitative estimate of drug-likeness (QED) is 0.747. The zero-order valence-electron chi connectivity index (χ0n) is 9.64. The van der Waals surface area contributed by atoms with Crippen molar-refractivity contribution in [1.29, 1.82) is 0 Å². The summed E-state index contributed by atoms with van der Waals surface area (Å²) in [6.45, 7) is 0. The molecule has 94 valence electrons. The van der Waals surface area contributed by atoms with Crippen LogP contribution < -0.4 is 0 Å². The SMILES string of the molecule is CS(=O)(=O)C1(S(C)(=O)=O)CC2CCCC2C1. The Bertz CT molecular complexity index is 443. The molecule has 0 aromatic heterocycles. The first-order valence-corrected chi connectivity index (χ1v) is 9.35. The molecule has 0 radical (unpaired) electrons. The van der Waals surface area contributed by atoms with E-state index in [-0.39, 0.29) is 0 Å². The molecule has 0 bridgehead atoms. The predicted molar refractivity (Wildman–Crippen MR) is 62.5 cm³/mol. The Hall–Kier alpha value is -0.100. The molecule has 2 unspecified atom stereocenters. The number of hydrogen-bond donors (Lipinski definition) is 0. The van der Waals surface area contributed by atoms with E-state index in [1.165, 1.54) is 0 Å². The van der Waals surface area contributed by atoms with Crippen LogP contribution in [0.1, 0.15) is 32.1 Å². The standard InChI is InChI=1S/C10H18O4S2/c1-15(11,12)10(16(2,13)14)6-8-4-3-5-9(8)7-10/h8-9H,3-7H2,1-2H3. The molecular weight excluding hydrogens is 248 g/mol. The molecule has 2 aliphatic rings. The van der Waals surface area contributed by atoms with Crippen molar-refractivity contribution in [1.82, 2.24) is 0 Å². The van der Waals surface area contributed by atoms with Crippen LogP contribution in [0.3, 0.4) is 0 Å². The van der Waals surface area contributed by atoms with Gasteiger partial charge in [-0.1, -0.05) is 19.3 Å². The monoisotopic (exact) mass is 266 g/mol. The molecular formula is C10H18O4S2. The van der Waals surface area contributed by atoms with E-state index in [1.54, 1.807) is 0 Å². The third kappa shape index (κ3) is 1.61. The van der Waals surface area contributed by atoms with Gasteiger partial charge in [-0.15, -0.1) is 0 Å². The Morgan fingerprint density at radius 2 is 1.25 bits per heavy atom. The van der Waals surface area contributed by atoms with E-state index < -0.39 is 23.8 Å². The zero-order valence-corrected chi connectivity index (χ0v) is 11.3. The second kappa shape index (κ2) is 3.45. The van der Waals surface area contributed by atoms with Crippen LogP contribution in [-0.2, 0) is 19.7 Å². The fraction of sp³-hybridized carbons (Fsp3) is 1.00. The summed E-state index contributed by atoms with van der Waals surface area (Å²) in [5.41, 5.74) is 0. The molecule has 0 aliphatic heterocycles. The van der Waals surface area contributed by atoms with Crippen molar-refractivity contribution in [2.45, 2.75) is 36.2 Å². The molecule has 2 rings (SSSR count). The average molecular weight is 266 g/mol. The molecule has 2 atom stereocenters. The predicted octanol–water partition coefficient (Wildman–Crippen LogP) is 0.982. The summed E-state index contributed by atoms with van der Waals surface area (Å²) in [7, 11) is -7.10. The van der Waals surface area contributed by atoms with E-state index in [0.717, 1.165) is 31.8 Å². The minimum atomic E-state index is -3.55. The molecule has 0 aromatic carbocycles. The molecule has 16 heavy (non-hydrogen) atoms. The van der Waals surface area contributed by atoms with Crippen molar-refractivity contribution < 1.29 is 16.8 Å². The molecule has 0 saturated heterocycles. The van der Waals surface area contributed by atoms with Gasteiger partial charge in [0.05, 0.1) is 0 Å². The van der Waals surface area contributed by atoms with E-state index in [4.69, 9.17) is 0 Å². The summed E-state index contributed by atoms with van der Waals surface area (Å²) in [5, 5.41) is 0. The van der Waals surface area contributed by atoms with Gasteiger partial charge >= 0.3 is 0 Å². The highest BCUT2D eigenvalue weighted by molar-refractivity contribution is 8.09. The van der Waals surface area contributed by atoms with Crippen molar-refractivity contribution in [3.05, 3.63) is 0 Å². The molecule has 0 amide bonds. The number of fused-ring (bicyclic) bond motifs is 1. The number of hydrogen-bond acceptors (Lipinski definition) is 4. The second-order valence-corrected chi connectivity index (χ2v) is 10.2. The van der Waals surface area contributed by atoms with Gasteiger partial charge in [-0.25, -0.2) is 16.8 Å². The average Bonchev–Trinajstić information content (AvgIpc) is 2.53. The third-order valence-corrected chi connectivity index (χ3v) is 9.50. The molecule has 2 saturated carbocycles. The maximum atomic E-state index is 11.9. The van der Waals surface area contributed by atoms with Crippen LogP contribution in [0.2, 0.25) is 0 Å². The highest BCUT2D eigenvalue weighted by atomic mass is 32.3. The smallest absolute Gasteiger partial charge is 0.173 e. The molecule has 2 fully saturated rings. The largest absolute Gasteiger partial charge is 0.227 e. The second-order valence-electron chi connectivity index (χ2n) is 5.31. The molecule has 0 spiro atoms. The van der Waals surface area contributed by atoms with Crippen molar-refractivity contribution in [2.24, 2.45) is 11.8 Å². The van der Waals surface area contributed by atoms with Crippen LogP contribution >= 0.6 is 0 Å². The first kappa shape index (κ1) is 12.4. The highest BCUT2D eigenvalue weighted by Gasteiger charge is 2.59. The molecule has 0 aromatic rings. The van der Waals surface area contributed by atoms with Gasteiger partial charge in [0.15, 0.2) is 23.8 Å². The topological polar surface area (TPSA) is 68.3 Å². The van der Waals surface area contributed by atoms with E-state index in [2.05, 4.69) is 0 Å². The van der Waals surface area contributed by atoms with Gasteiger partial charge in [0.2, 0.25) is 0 Å². The summed E-state index contributed by atoms with van der Waals surface area (Å²) in [6, 6.07) is 0. The van der Waals surface area contributed by atoms with Crippen molar-refractivity contribution in [3.8, 4) is 0 Å². The van der Waals surface area contributed by atoms with Crippen LogP contribution in [0.5, 0.6) is 0 Å². The van der Waals surface area contributed by atoms with Gasteiger partial charge < -0.3 is 0 Å². The Labute approximate surface area is 97.3 Å². The van der Waals surface area contributed by atoms with Crippen molar-refractivity contribution in [2.75, 3.05) is 12.5 Å². The number of sulfone groups is 2. The van der Waals surface area contributed by atoms with Gasteiger partial charge in [0.1, 0.15) is 0 Å². The van der Waals surface area contributed by atoms with Crippen molar-refractivity contribution >= 4 is 19.7 Å². The lowest BCUT2D eigenvalue weighted by molar-refractivity contribution is 0.457. The number of rotatable bonds is 2. The van der Waals surface area contributed by atoms with Gasteiger partial charge in [-0.05, 0) is 24.7 Å². The summed E-state index contributed by atoms with van der Waals surface area (Å²) in [4.78, 5) is 0. The molecule has 0 N–H and O–H groups in total. The van der Waals surface area contributed by atoms with Crippen LogP contribution in [0, 0.1) is 11.8 Å². The maximum Gasteiger partial charge on any atom is 0.173 e. The van der Waals surface area contributed by atoms with E-state index in [9.17, 15) is 16.8 Å². The normalized spacial score (nSPS) is 33.9. The van der Waals surface area contributed by atoms with E-state index in [0.29, 0.717) is 24.7 Å². The van der Waals surface area contributed by atoms with Gasteiger partial charge in [-0.2, -0.15) is 0 Å². The highest BCUT2D eigenvalue weighted by Crippen LogP contribution is 2.53. The zero-order chi connectivity index (χ0) is 12.2. The fourth-order valence-electron chi connectivity index (χ4n) is 3.41. The van der Waals surface area contributed by atoms with E-state index >= 15 is 0 Å². The first-order valence-electron chi connectivity index (χ1n) is 5.56. The summed E-state index contributed by atoms with van der Waals surface area (Å²) in [5.74, 6) is 0.592. The Balaban J connectivity index is 2.49. The third-order valence-electron chi connectivity index (χ3n) is 4.31. The van der Waals surface area contributed by atoms with Gasteiger partial charge in [-0.3, -0.25) is 0 Å². The molecule has 6 heteroatoms. The maximum absolute atomic E-state index is 11.9. The lowest BCUT2D eigenvalue weighted by Gasteiger charge is -2.25. The lowest BCUT2D eigenvalue weighted by atomic mass is 10.0. The summed E-state index contributed by atoms with van der Waals surface area (Å²) < 4.78 is 45.9. The Kier molecular flexibility index (Phi) is 2.66.